The number of pyridine rings is 1. The van der Waals surface area contributed by atoms with Gasteiger partial charge in [0, 0.05) is 28.9 Å². The van der Waals surface area contributed by atoms with E-state index in [1.165, 1.54) is 29.3 Å². The molecule has 2 aromatic heterocycles. The molecule has 192 valence electrons. The first-order chi connectivity index (χ1) is 18.4. The summed E-state index contributed by atoms with van der Waals surface area (Å²) in [6.07, 6.45) is 3.06. The summed E-state index contributed by atoms with van der Waals surface area (Å²) in [6, 6.07) is 12.6. The number of aromatic nitrogens is 3. The molecular formula is C25H19Cl2N7O2S2. The number of ketones is 1. The van der Waals surface area contributed by atoms with Gasteiger partial charge in [0.2, 0.25) is 11.0 Å². The monoisotopic (exact) mass is 583 g/mol. The second-order valence-corrected chi connectivity index (χ2v) is 11.4. The van der Waals surface area contributed by atoms with Crippen LogP contribution in [0, 0.1) is 11.3 Å². The van der Waals surface area contributed by atoms with Gasteiger partial charge in [-0.15, -0.1) is 10.2 Å². The Morgan fingerprint density at radius 3 is 2.79 bits per heavy atom. The Kier molecular flexibility index (Phi) is 7.67. The molecule has 0 saturated heterocycles. The van der Waals surface area contributed by atoms with Crippen LogP contribution in [-0.4, -0.2) is 32.6 Å². The summed E-state index contributed by atoms with van der Waals surface area (Å²) in [5.41, 5.74) is 8.66. The number of carbonyl (C=O) groups is 2. The molecule has 1 aliphatic heterocycles. The lowest BCUT2D eigenvalue weighted by Gasteiger charge is -2.38. The molecule has 9 nitrogen and oxygen atoms in total. The van der Waals surface area contributed by atoms with Crippen molar-refractivity contribution in [3.8, 4) is 6.07 Å². The standard InChI is InChI=1S/C25H19Cl2N7O2S2/c26-13-8-9-19(30-11-13)31-20(36)12-37-25-33-32-24(38-25)34-17-6-3-7-18(35)22(17)21(15(10-28)23(34)29)14-4-1-2-5-16(14)27/h1-2,4-5,8-9,11,21H,3,6-7,12,29H2,(H,30,31,36). The minimum Gasteiger partial charge on any atom is -0.384 e. The van der Waals surface area contributed by atoms with Gasteiger partial charge in [0.05, 0.1) is 28.3 Å². The quantitative estimate of drug-likeness (QED) is 0.371. The van der Waals surface area contributed by atoms with Gasteiger partial charge in [0.15, 0.2) is 10.1 Å². The largest absolute Gasteiger partial charge is 0.384 e. The first-order valence-corrected chi connectivity index (χ1v) is 14.0. The van der Waals surface area contributed by atoms with Crippen molar-refractivity contribution in [1.82, 2.24) is 15.2 Å². The van der Waals surface area contributed by atoms with E-state index in [1.54, 1.807) is 29.2 Å². The smallest absolute Gasteiger partial charge is 0.235 e. The second-order valence-electron chi connectivity index (χ2n) is 8.39. The van der Waals surface area contributed by atoms with Crippen LogP contribution in [-0.2, 0) is 9.59 Å². The maximum atomic E-state index is 13.2. The number of nitrogens with one attached hydrogen (secondary N) is 1. The van der Waals surface area contributed by atoms with Crippen molar-refractivity contribution < 1.29 is 9.59 Å². The van der Waals surface area contributed by atoms with Gasteiger partial charge >= 0.3 is 0 Å². The van der Waals surface area contributed by atoms with Gasteiger partial charge in [-0.1, -0.05) is 64.5 Å². The van der Waals surface area contributed by atoms with Crippen molar-refractivity contribution in [2.45, 2.75) is 29.5 Å². The fraction of sp³-hybridized carbons (Fsp3) is 0.200. The molecular weight excluding hydrogens is 565 g/mol. The minimum absolute atomic E-state index is 0.0481. The lowest BCUT2D eigenvalue weighted by molar-refractivity contribution is -0.116. The molecule has 0 spiro atoms. The topological polar surface area (TPSA) is 138 Å². The number of hydrogen-bond acceptors (Lipinski definition) is 10. The molecule has 1 unspecified atom stereocenters. The van der Waals surface area contributed by atoms with Crippen molar-refractivity contribution in [1.29, 1.82) is 5.26 Å². The van der Waals surface area contributed by atoms with E-state index in [1.807, 2.05) is 12.1 Å². The third kappa shape index (κ3) is 5.13. The molecule has 1 aromatic carbocycles. The highest BCUT2D eigenvalue weighted by Crippen LogP contribution is 2.48. The maximum Gasteiger partial charge on any atom is 0.235 e. The summed E-state index contributed by atoms with van der Waals surface area (Å²) in [4.78, 5) is 31.3. The lowest BCUT2D eigenvalue weighted by atomic mass is 9.76. The van der Waals surface area contributed by atoms with Gasteiger partial charge in [0.25, 0.3) is 0 Å². The summed E-state index contributed by atoms with van der Waals surface area (Å²) in [6.45, 7) is 0. The van der Waals surface area contributed by atoms with Crippen LogP contribution in [0.2, 0.25) is 10.0 Å². The van der Waals surface area contributed by atoms with Crippen LogP contribution < -0.4 is 16.0 Å². The number of nitrogens with zero attached hydrogens (tertiary/aromatic N) is 5. The van der Waals surface area contributed by atoms with Crippen molar-refractivity contribution in [2.75, 3.05) is 16.0 Å². The number of nitriles is 1. The van der Waals surface area contributed by atoms with E-state index in [9.17, 15) is 14.9 Å². The van der Waals surface area contributed by atoms with Crippen LogP contribution in [0.3, 0.4) is 0 Å². The fourth-order valence-corrected chi connectivity index (χ4v) is 6.47. The third-order valence-electron chi connectivity index (χ3n) is 6.04. The molecule has 13 heteroatoms. The van der Waals surface area contributed by atoms with Gasteiger partial charge in [-0.3, -0.25) is 14.5 Å². The highest BCUT2D eigenvalue weighted by Gasteiger charge is 2.41. The Bertz CT molecular complexity index is 1530. The minimum atomic E-state index is -0.653. The Morgan fingerprint density at radius 1 is 1.24 bits per heavy atom. The highest BCUT2D eigenvalue weighted by molar-refractivity contribution is 8.01. The van der Waals surface area contributed by atoms with Crippen LogP contribution in [0.15, 0.2) is 69.6 Å². The van der Waals surface area contributed by atoms with E-state index >= 15 is 0 Å². The molecule has 5 rings (SSSR count). The zero-order valence-electron chi connectivity index (χ0n) is 19.6. The van der Waals surface area contributed by atoms with Crippen LogP contribution in [0.4, 0.5) is 10.9 Å². The van der Waals surface area contributed by atoms with Gasteiger partial charge in [-0.2, -0.15) is 5.26 Å². The molecule has 1 amide bonds. The number of carbonyl (C=O) groups excluding carboxylic acids is 2. The molecule has 0 radical (unpaired) electrons. The van der Waals surface area contributed by atoms with Crippen molar-refractivity contribution in [3.05, 3.63) is 80.9 Å². The van der Waals surface area contributed by atoms with Crippen LogP contribution in [0.25, 0.3) is 0 Å². The molecule has 3 aromatic rings. The zero-order chi connectivity index (χ0) is 26.8. The molecule has 1 aliphatic carbocycles. The van der Waals surface area contributed by atoms with Gasteiger partial charge in [0.1, 0.15) is 11.6 Å². The Morgan fingerprint density at radius 2 is 2.05 bits per heavy atom. The van der Waals surface area contributed by atoms with Gasteiger partial charge < -0.3 is 11.1 Å². The first kappa shape index (κ1) is 26.2. The summed E-state index contributed by atoms with van der Waals surface area (Å²) in [7, 11) is 0. The Labute approximate surface area is 236 Å². The number of allylic oxidation sites excluding steroid dienone is 3. The fourth-order valence-electron chi connectivity index (χ4n) is 4.43. The van der Waals surface area contributed by atoms with Gasteiger partial charge in [-0.25, -0.2) is 4.98 Å². The molecule has 1 atom stereocenters. The number of benzene rings is 1. The van der Waals surface area contributed by atoms with E-state index in [0.717, 1.165) is 0 Å². The van der Waals surface area contributed by atoms with Crippen LogP contribution >= 0.6 is 46.3 Å². The summed E-state index contributed by atoms with van der Waals surface area (Å²) in [5, 5.41) is 22.6. The van der Waals surface area contributed by atoms with E-state index in [4.69, 9.17) is 28.9 Å². The van der Waals surface area contributed by atoms with Crippen molar-refractivity contribution in [3.63, 3.8) is 0 Å². The van der Waals surface area contributed by atoms with Crippen molar-refractivity contribution >= 4 is 68.9 Å². The van der Waals surface area contributed by atoms with Crippen LogP contribution in [0.5, 0.6) is 0 Å². The SMILES string of the molecule is N#CC1=C(N)N(c2nnc(SCC(=O)Nc3ccc(Cl)cn3)s2)C2=C(C(=O)CCC2)C1c1ccccc1Cl. The molecule has 3 heterocycles. The van der Waals surface area contributed by atoms with E-state index < -0.39 is 5.92 Å². The van der Waals surface area contributed by atoms with Crippen molar-refractivity contribution in [2.24, 2.45) is 5.73 Å². The number of rotatable bonds is 6. The number of hydrogen-bond donors (Lipinski definition) is 2. The summed E-state index contributed by atoms with van der Waals surface area (Å²) >= 11 is 14.7. The normalized spacial score (nSPS) is 17.3. The summed E-state index contributed by atoms with van der Waals surface area (Å²) in [5.74, 6) is -0.314. The average molecular weight is 585 g/mol. The number of anilines is 2. The second kappa shape index (κ2) is 11.1. The molecule has 0 fully saturated rings. The van der Waals surface area contributed by atoms with Crippen LogP contribution in [0.1, 0.15) is 30.7 Å². The molecule has 38 heavy (non-hydrogen) atoms. The number of thioether (sulfide) groups is 1. The average Bonchev–Trinajstić information content (AvgIpc) is 3.37. The Hall–Kier alpha value is -3.43. The number of Topliss-reactive ketones (excluding diaryl/α,β-unsaturated/α-hetero) is 1. The molecule has 0 bridgehead atoms. The van der Waals surface area contributed by atoms with E-state index in [2.05, 4.69) is 26.6 Å². The number of halogens is 2. The molecule has 3 N–H and O–H groups in total. The summed E-state index contributed by atoms with van der Waals surface area (Å²) < 4.78 is 0.531. The molecule has 0 saturated carbocycles. The third-order valence-corrected chi connectivity index (χ3v) is 8.65. The first-order valence-electron chi connectivity index (χ1n) is 11.5. The van der Waals surface area contributed by atoms with E-state index in [-0.39, 0.29) is 28.8 Å². The Balaban J connectivity index is 1.42. The van der Waals surface area contributed by atoms with E-state index in [0.29, 0.717) is 61.4 Å². The number of amides is 1. The highest BCUT2D eigenvalue weighted by atomic mass is 35.5. The lowest BCUT2D eigenvalue weighted by Crippen LogP contribution is -2.38. The predicted molar refractivity (Wildman–Crippen MR) is 148 cm³/mol. The molecule has 2 aliphatic rings. The number of nitrogens with two attached hydrogens (primary N) is 1. The zero-order valence-corrected chi connectivity index (χ0v) is 22.8. The maximum absolute atomic E-state index is 13.2. The predicted octanol–water partition coefficient (Wildman–Crippen LogP) is 5.28. The van der Waals surface area contributed by atoms with Gasteiger partial charge in [-0.05, 0) is 36.6 Å².